The van der Waals surface area contributed by atoms with Crippen molar-refractivity contribution in [1.82, 2.24) is 25.8 Å². The lowest BCUT2D eigenvalue weighted by Crippen LogP contribution is -2.38. The molecular weight excluding hydrogens is 382 g/mol. The maximum absolute atomic E-state index is 12.1. The van der Waals surface area contributed by atoms with Crippen LogP contribution in [-0.2, 0) is 11.3 Å². The fraction of sp³-hybridized carbons (Fsp3) is 0.400. The number of H-pyrrole nitrogens is 1. The average molecular weight is 401 g/mol. The van der Waals surface area contributed by atoms with Crippen molar-refractivity contribution in [3.05, 3.63) is 34.6 Å². The van der Waals surface area contributed by atoms with Crippen molar-refractivity contribution in [2.24, 2.45) is 5.92 Å². The number of nitrogens with one attached hydrogen (secondary N) is 3. The Labute approximate surface area is 149 Å². The first-order valence-electron chi connectivity index (χ1n) is 7.38. The lowest BCUT2D eigenvalue weighted by atomic mass is 9.97. The van der Waals surface area contributed by atoms with Crippen LogP contribution in [0.1, 0.15) is 18.7 Å². The molecular formula is C15H19BrClN5O. The zero-order valence-corrected chi connectivity index (χ0v) is 14.9. The number of nitrogens with zero attached hydrogens (tertiary/aromatic N) is 2. The van der Waals surface area contributed by atoms with Gasteiger partial charge in [0.1, 0.15) is 5.82 Å². The summed E-state index contributed by atoms with van der Waals surface area (Å²) < 4.78 is 1.02. The Kier molecular flexibility index (Phi) is 6.56. The Morgan fingerprint density at radius 2 is 1.96 bits per heavy atom. The Balaban J connectivity index is 0.00000192. The van der Waals surface area contributed by atoms with Crippen LogP contribution >= 0.6 is 28.3 Å². The monoisotopic (exact) mass is 399 g/mol. The predicted molar refractivity (Wildman–Crippen MR) is 94.2 cm³/mol. The van der Waals surface area contributed by atoms with E-state index >= 15 is 0 Å². The minimum absolute atomic E-state index is 0. The standard InChI is InChI=1S/C15H18BrN5O.ClH/c16-12-3-1-10(2-4-12)14-19-13(20-21-14)9-18-15(22)11-5-7-17-8-6-11;/h1-4,11,17H,5-9H2,(H,18,22)(H,19,20,21);1H. The fourth-order valence-corrected chi connectivity index (χ4v) is 2.77. The van der Waals surface area contributed by atoms with E-state index in [2.05, 4.69) is 41.7 Å². The Morgan fingerprint density at radius 3 is 2.65 bits per heavy atom. The molecule has 6 nitrogen and oxygen atoms in total. The third-order valence-electron chi connectivity index (χ3n) is 3.77. The number of piperidine rings is 1. The molecule has 2 heterocycles. The SMILES string of the molecule is Cl.O=C(NCc1nc(-c2ccc(Br)cc2)n[nH]1)C1CCNCC1. The van der Waals surface area contributed by atoms with Gasteiger partial charge in [-0.1, -0.05) is 28.1 Å². The molecule has 0 spiro atoms. The molecule has 0 saturated carbocycles. The topological polar surface area (TPSA) is 82.7 Å². The molecule has 23 heavy (non-hydrogen) atoms. The summed E-state index contributed by atoms with van der Waals surface area (Å²) in [4.78, 5) is 16.5. The molecule has 3 N–H and O–H groups in total. The zero-order valence-electron chi connectivity index (χ0n) is 12.5. The molecule has 0 bridgehead atoms. The summed E-state index contributed by atoms with van der Waals surface area (Å²) in [6.45, 7) is 2.20. The number of aromatic nitrogens is 3. The summed E-state index contributed by atoms with van der Waals surface area (Å²) in [5.41, 5.74) is 0.940. The van der Waals surface area contributed by atoms with Gasteiger partial charge in [-0.25, -0.2) is 4.98 Å². The maximum atomic E-state index is 12.1. The van der Waals surface area contributed by atoms with Crippen LogP contribution in [0.5, 0.6) is 0 Å². The van der Waals surface area contributed by atoms with Gasteiger partial charge in [0, 0.05) is 16.0 Å². The van der Waals surface area contributed by atoms with E-state index in [9.17, 15) is 4.79 Å². The van der Waals surface area contributed by atoms with Gasteiger partial charge in [-0.3, -0.25) is 9.89 Å². The summed E-state index contributed by atoms with van der Waals surface area (Å²) in [6.07, 6.45) is 1.79. The Hall–Kier alpha value is -1.44. The first kappa shape index (κ1) is 17.9. The minimum atomic E-state index is 0. The molecule has 0 unspecified atom stereocenters. The molecule has 124 valence electrons. The third-order valence-corrected chi connectivity index (χ3v) is 4.30. The molecule has 1 aliphatic rings. The van der Waals surface area contributed by atoms with Crippen LogP contribution in [-0.4, -0.2) is 34.2 Å². The van der Waals surface area contributed by atoms with E-state index in [-0.39, 0.29) is 24.2 Å². The molecule has 1 aromatic carbocycles. The van der Waals surface area contributed by atoms with Crippen molar-refractivity contribution in [2.45, 2.75) is 19.4 Å². The van der Waals surface area contributed by atoms with Crippen molar-refractivity contribution in [3.8, 4) is 11.4 Å². The number of carbonyl (C=O) groups is 1. The summed E-state index contributed by atoms with van der Waals surface area (Å²) >= 11 is 3.40. The van der Waals surface area contributed by atoms with Crippen LogP contribution in [0, 0.1) is 5.92 Å². The molecule has 2 aromatic rings. The van der Waals surface area contributed by atoms with E-state index < -0.39 is 0 Å². The van der Waals surface area contributed by atoms with Crippen molar-refractivity contribution >= 4 is 34.2 Å². The number of halogens is 2. The first-order chi connectivity index (χ1) is 10.7. The Bertz CT molecular complexity index is 640. The largest absolute Gasteiger partial charge is 0.349 e. The highest BCUT2D eigenvalue weighted by atomic mass is 79.9. The van der Waals surface area contributed by atoms with Crippen molar-refractivity contribution in [2.75, 3.05) is 13.1 Å². The average Bonchev–Trinajstić information content (AvgIpc) is 3.03. The lowest BCUT2D eigenvalue weighted by molar-refractivity contribution is -0.125. The first-order valence-corrected chi connectivity index (χ1v) is 8.17. The summed E-state index contributed by atoms with van der Waals surface area (Å²) in [5, 5.41) is 13.3. The molecule has 3 rings (SSSR count). The normalized spacial score (nSPS) is 15.0. The van der Waals surface area contributed by atoms with Crippen LogP contribution in [0.4, 0.5) is 0 Å². The van der Waals surface area contributed by atoms with Crippen LogP contribution < -0.4 is 10.6 Å². The number of aromatic amines is 1. The van der Waals surface area contributed by atoms with E-state index in [4.69, 9.17) is 0 Å². The van der Waals surface area contributed by atoms with E-state index in [1.807, 2.05) is 24.3 Å². The van der Waals surface area contributed by atoms with Crippen molar-refractivity contribution in [1.29, 1.82) is 0 Å². The lowest BCUT2D eigenvalue weighted by Gasteiger charge is -2.21. The second-order valence-electron chi connectivity index (χ2n) is 5.35. The molecule has 0 radical (unpaired) electrons. The number of hydrogen-bond acceptors (Lipinski definition) is 4. The summed E-state index contributed by atoms with van der Waals surface area (Å²) in [6, 6.07) is 7.80. The van der Waals surface area contributed by atoms with Gasteiger partial charge in [-0.15, -0.1) is 12.4 Å². The maximum Gasteiger partial charge on any atom is 0.223 e. The second-order valence-corrected chi connectivity index (χ2v) is 6.27. The molecule has 1 aromatic heterocycles. The smallest absolute Gasteiger partial charge is 0.223 e. The zero-order chi connectivity index (χ0) is 15.4. The fourth-order valence-electron chi connectivity index (χ4n) is 2.50. The number of rotatable bonds is 4. The van der Waals surface area contributed by atoms with Crippen molar-refractivity contribution in [3.63, 3.8) is 0 Å². The molecule has 0 atom stereocenters. The highest BCUT2D eigenvalue weighted by Crippen LogP contribution is 2.18. The highest BCUT2D eigenvalue weighted by molar-refractivity contribution is 9.10. The van der Waals surface area contributed by atoms with Gasteiger partial charge < -0.3 is 10.6 Å². The van der Waals surface area contributed by atoms with Gasteiger partial charge >= 0.3 is 0 Å². The predicted octanol–water partition coefficient (Wildman–Crippen LogP) is 2.27. The van der Waals surface area contributed by atoms with Crippen LogP contribution in [0.15, 0.2) is 28.7 Å². The van der Waals surface area contributed by atoms with E-state index in [0.29, 0.717) is 18.2 Å². The van der Waals surface area contributed by atoms with Gasteiger partial charge in [0.05, 0.1) is 6.54 Å². The van der Waals surface area contributed by atoms with Gasteiger partial charge in [0.2, 0.25) is 5.91 Å². The van der Waals surface area contributed by atoms with Gasteiger partial charge in [0.15, 0.2) is 5.82 Å². The molecule has 1 fully saturated rings. The van der Waals surface area contributed by atoms with Gasteiger partial charge in [0.25, 0.3) is 0 Å². The van der Waals surface area contributed by atoms with Crippen LogP contribution in [0.3, 0.4) is 0 Å². The highest BCUT2D eigenvalue weighted by Gasteiger charge is 2.20. The number of benzene rings is 1. The van der Waals surface area contributed by atoms with Crippen LogP contribution in [0.25, 0.3) is 11.4 Å². The number of carbonyl (C=O) groups excluding carboxylic acids is 1. The number of amides is 1. The molecule has 1 aliphatic heterocycles. The number of hydrogen-bond donors (Lipinski definition) is 3. The quantitative estimate of drug-likeness (QED) is 0.735. The van der Waals surface area contributed by atoms with E-state index in [1.165, 1.54) is 0 Å². The van der Waals surface area contributed by atoms with Gasteiger partial charge in [-0.2, -0.15) is 5.10 Å². The van der Waals surface area contributed by atoms with E-state index in [0.717, 1.165) is 36.0 Å². The van der Waals surface area contributed by atoms with Crippen LogP contribution in [0.2, 0.25) is 0 Å². The molecule has 1 amide bonds. The second kappa shape index (κ2) is 8.42. The molecule has 0 aliphatic carbocycles. The summed E-state index contributed by atoms with van der Waals surface area (Å²) in [5.74, 6) is 1.51. The summed E-state index contributed by atoms with van der Waals surface area (Å²) in [7, 11) is 0. The third kappa shape index (κ3) is 4.76. The van der Waals surface area contributed by atoms with E-state index in [1.54, 1.807) is 0 Å². The van der Waals surface area contributed by atoms with Gasteiger partial charge in [-0.05, 0) is 38.1 Å². The van der Waals surface area contributed by atoms with Crippen molar-refractivity contribution < 1.29 is 4.79 Å². The molecule has 8 heteroatoms. The molecule has 1 saturated heterocycles. The minimum Gasteiger partial charge on any atom is -0.349 e. The Morgan fingerprint density at radius 1 is 1.26 bits per heavy atom.